The van der Waals surface area contributed by atoms with Gasteiger partial charge in [-0.3, -0.25) is 18.7 Å². The highest BCUT2D eigenvalue weighted by atomic mass is 32.2. The summed E-state index contributed by atoms with van der Waals surface area (Å²) >= 11 is 0. The molecule has 1 fully saturated rings. The predicted octanol–water partition coefficient (Wildman–Crippen LogP) is 3.85. The Hall–Kier alpha value is -5.29. The lowest BCUT2D eigenvalue weighted by molar-refractivity contribution is -0.154. The molecule has 6 rings (SSSR count). The lowest BCUT2D eigenvalue weighted by atomic mass is 9.99. The molecule has 3 aromatic carbocycles. The molecule has 234 valence electrons. The summed E-state index contributed by atoms with van der Waals surface area (Å²) in [7, 11) is -0.451. The average molecular weight is 639 g/mol. The highest BCUT2D eigenvalue weighted by molar-refractivity contribution is 7.86. The van der Waals surface area contributed by atoms with Crippen molar-refractivity contribution in [3.8, 4) is 0 Å². The normalized spacial score (nSPS) is 18.9. The minimum absolute atomic E-state index is 0.0178. The lowest BCUT2D eigenvalue weighted by Crippen LogP contribution is -2.73. The van der Waals surface area contributed by atoms with E-state index in [1.807, 2.05) is 78.9 Å². The molecule has 4 aromatic rings. The molecular formula is C35H30N2O8S. The van der Waals surface area contributed by atoms with Crippen LogP contribution in [0, 0.1) is 0 Å². The molecule has 3 atom stereocenters. The zero-order valence-electron chi connectivity index (χ0n) is 24.8. The number of esters is 2. The number of hydrogen-bond donors (Lipinski definition) is 1. The maximum absolute atomic E-state index is 14.2. The number of furan rings is 1. The first-order valence-corrected chi connectivity index (χ1v) is 16.0. The molecule has 0 bridgehead atoms. The molecule has 11 heteroatoms. The number of nitrogens with one attached hydrogen (secondary N) is 1. The molecule has 2 amide bonds. The number of amides is 2. The molecule has 0 aliphatic carbocycles. The molecule has 2 aliphatic rings. The summed E-state index contributed by atoms with van der Waals surface area (Å²) in [6.45, 7) is 0. The Bertz CT molecular complexity index is 1780. The van der Waals surface area contributed by atoms with Gasteiger partial charge in [0.25, 0.3) is 5.91 Å². The van der Waals surface area contributed by atoms with Crippen molar-refractivity contribution in [2.75, 3.05) is 12.9 Å². The highest BCUT2D eigenvalue weighted by Crippen LogP contribution is 2.38. The standard InChI is InChI=1S/C35H30N2O8S/c1-43-34(40)27-18-17-26(44-27)20-25-21-46(42)33-29(36-28(38)19-22-11-5-2-6-12-22)32(39)37(33)30(25)35(41)45-31(23-13-7-3-8-14-23)24-15-9-4-10-16-24/h2-18,29,31,33H,19-21H2,1H3,(H,36,38)/t29-,33-,46?/m1/s1. The second kappa shape index (κ2) is 13.4. The number of hydrogen-bond acceptors (Lipinski definition) is 8. The van der Waals surface area contributed by atoms with E-state index >= 15 is 0 Å². The molecule has 1 saturated heterocycles. The Morgan fingerprint density at radius 2 is 1.50 bits per heavy atom. The number of fused-ring (bicyclic) bond motifs is 1. The fourth-order valence-electron chi connectivity index (χ4n) is 5.62. The number of carbonyl (C=O) groups excluding carboxylic acids is 4. The van der Waals surface area contributed by atoms with Crippen molar-refractivity contribution in [1.82, 2.24) is 10.2 Å². The third kappa shape index (κ3) is 6.27. The SMILES string of the molecule is COC(=O)c1ccc(CC2=C(C(=O)OC(c3ccccc3)c3ccccc3)N3C(=O)[C@@H](NC(=O)Cc4ccccc4)[C@H]3S(=O)C2)o1. The zero-order valence-corrected chi connectivity index (χ0v) is 25.6. The largest absolute Gasteiger partial charge is 0.463 e. The summed E-state index contributed by atoms with van der Waals surface area (Å²) < 4.78 is 30.1. The summed E-state index contributed by atoms with van der Waals surface area (Å²) in [6.07, 6.45) is -0.783. The Balaban J connectivity index is 1.33. The summed E-state index contributed by atoms with van der Waals surface area (Å²) in [4.78, 5) is 53.8. The van der Waals surface area contributed by atoms with Gasteiger partial charge >= 0.3 is 11.9 Å². The predicted molar refractivity (Wildman–Crippen MR) is 167 cm³/mol. The van der Waals surface area contributed by atoms with E-state index in [9.17, 15) is 23.4 Å². The molecule has 46 heavy (non-hydrogen) atoms. The molecule has 1 unspecified atom stereocenters. The monoisotopic (exact) mass is 638 g/mol. The first-order chi connectivity index (χ1) is 22.3. The first kappa shape index (κ1) is 30.7. The van der Waals surface area contributed by atoms with Crippen LogP contribution in [-0.4, -0.2) is 57.1 Å². The fourth-order valence-corrected chi connectivity index (χ4v) is 7.31. The number of benzene rings is 3. The Morgan fingerprint density at radius 3 is 2.11 bits per heavy atom. The number of rotatable bonds is 10. The molecule has 0 spiro atoms. The van der Waals surface area contributed by atoms with Gasteiger partial charge in [-0.05, 0) is 34.4 Å². The van der Waals surface area contributed by atoms with Crippen LogP contribution in [0.4, 0.5) is 0 Å². The van der Waals surface area contributed by atoms with E-state index < -0.39 is 52.1 Å². The van der Waals surface area contributed by atoms with Gasteiger partial charge in [-0.1, -0.05) is 91.0 Å². The van der Waals surface area contributed by atoms with Crippen LogP contribution in [0.2, 0.25) is 0 Å². The number of ether oxygens (including phenoxy) is 2. The lowest BCUT2D eigenvalue weighted by Gasteiger charge is -2.49. The van der Waals surface area contributed by atoms with Gasteiger partial charge in [0.1, 0.15) is 22.9 Å². The third-order valence-electron chi connectivity index (χ3n) is 7.79. The number of nitrogens with zero attached hydrogens (tertiary/aromatic N) is 1. The van der Waals surface area contributed by atoms with Crippen molar-refractivity contribution < 1.29 is 37.3 Å². The van der Waals surface area contributed by atoms with E-state index in [-0.39, 0.29) is 30.1 Å². The van der Waals surface area contributed by atoms with Gasteiger partial charge in [0.2, 0.25) is 11.7 Å². The van der Waals surface area contributed by atoms with Crippen LogP contribution in [0.5, 0.6) is 0 Å². The van der Waals surface area contributed by atoms with Crippen molar-refractivity contribution in [3.63, 3.8) is 0 Å². The van der Waals surface area contributed by atoms with Crippen LogP contribution in [0.15, 0.2) is 119 Å². The maximum atomic E-state index is 14.2. The van der Waals surface area contributed by atoms with Gasteiger partial charge in [0, 0.05) is 12.2 Å². The Kier molecular flexibility index (Phi) is 8.93. The van der Waals surface area contributed by atoms with Crippen molar-refractivity contribution in [3.05, 3.63) is 143 Å². The summed E-state index contributed by atoms with van der Waals surface area (Å²) in [6, 6.07) is 29.4. The van der Waals surface area contributed by atoms with Crippen LogP contribution < -0.4 is 5.32 Å². The van der Waals surface area contributed by atoms with E-state index in [2.05, 4.69) is 5.32 Å². The molecular weight excluding hydrogens is 608 g/mol. The van der Waals surface area contributed by atoms with Crippen molar-refractivity contribution in [2.24, 2.45) is 0 Å². The second-order valence-electron chi connectivity index (χ2n) is 10.8. The highest BCUT2D eigenvalue weighted by Gasteiger charge is 2.57. The number of β-lactam (4-membered cyclic amide) rings is 1. The Morgan fingerprint density at radius 1 is 0.891 bits per heavy atom. The average Bonchev–Trinajstić information content (AvgIpc) is 3.55. The van der Waals surface area contributed by atoms with E-state index in [4.69, 9.17) is 13.9 Å². The van der Waals surface area contributed by atoms with Crippen molar-refractivity contribution >= 4 is 34.6 Å². The second-order valence-corrected chi connectivity index (χ2v) is 12.4. The van der Waals surface area contributed by atoms with Gasteiger partial charge in [0.15, 0.2) is 6.10 Å². The van der Waals surface area contributed by atoms with E-state index in [1.165, 1.54) is 18.1 Å². The molecule has 3 heterocycles. The number of methoxy groups -OCH3 is 1. The van der Waals surface area contributed by atoms with Crippen LogP contribution in [0.3, 0.4) is 0 Å². The minimum Gasteiger partial charge on any atom is -0.463 e. The van der Waals surface area contributed by atoms with Gasteiger partial charge in [-0.15, -0.1) is 0 Å². The Labute approximate surface area is 267 Å². The first-order valence-electron chi connectivity index (χ1n) is 14.6. The minimum atomic E-state index is -1.68. The van der Waals surface area contributed by atoms with Crippen LogP contribution >= 0.6 is 0 Å². The van der Waals surface area contributed by atoms with Gasteiger partial charge in [0.05, 0.1) is 24.3 Å². The third-order valence-corrected chi connectivity index (χ3v) is 9.44. The maximum Gasteiger partial charge on any atom is 0.373 e. The van der Waals surface area contributed by atoms with Gasteiger partial charge < -0.3 is 19.2 Å². The van der Waals surface area contributed by atoms with Crippen LogP contribution in [0.25, 0.3) is 0 Å². The topological polar surface area (TPSA) is 132 Å². The zero-order chi connectivity index (χ0) is 32.2. The van der Waals surface area contributed by atoms with Crippen molar-refractivity contribution in [1.29, 1.82) is 0 Å². The van der Waals surface area contributed by atoms with E-state index in [1.54, 1.807) is 18.2 Å². The molecule has 1 aromatic heterocycles. The summed E-state index contributed by atoms with van der Waals surface area (Å²) in [5.74, 6) is -2.26. The molecule has 10 nitrogen and oxygen atoms in total. The van der Waals surface area contributed by atoms with Gasteiger partial charge in [-0.2, -0.15) is 0 Å². The van der Waals surface area contributed by atoms with Crippen LogP contribution in [0.1, 0.15) is 39.1 Å². The molecule has 1 N–H and O–H groups in total. The molecule has 0 saturated carbocycles. The van der Waals surface area contributed by atoms with E-state index in [0.29, 0.717) is 11.3 Å². The summed E-state index contributed by atoms with van der Waals surface area (Å²) in [5.41, 5.74) is 2.48. The van der Waals surface area contributed by atoms with Gasteiger partial charge in [-0.25, -0.2) is 9.59 Å². The van der Waals surface area contributed by atoms with Crippen LogP contribution in [-0.2, 0) is 47.5 Å². The fraction of sp³-hybridized carbons (Fsp3) is 0.200. The quantitative estimate of drug-likeness (QED) is 0.205. The van der Waals surface area contributed by atoms with E-state index in [0.717, 1.165) is 16.7 Å². The molecule has 0 radical (unpaired) electrons. The molecule has 2 aliphatic heterocycles. The van der Waals surface area contributed by atoms with Crippen molar-refractivity contribution in [2.45, 2.75) is 30.4 Å². The smallest absolute Gasteiger partial charge is 0.373 e. The number of carbonyl (C=O) groups is 4. The summed E-state index contributed by atoms with van der Waals surface area (Å²) in [5, 5.41) is 1.75.